The summed E-state index contributed by atoms with van der Waals surface area (Å²) in [4.78, 5) is 18.5. The van der Waals surface area contributed by atoms with Gasteiger partial charge in [0, 0.05) is 26.2 Å². The number of piperazine rings is 1. The van der Waals surface area contributed by atoms with Gasteiger partial charge in [-0.3, -0.25) is 4.79 Å². The van der Waals surface area contributed by atoms with E-state index in [1.807, 2.05) is 6.07 Å². The van der Waals surface area contributed by atoms with Gasteiger partial charge in [-0.1, -0.05) is 18.2 Å². The van der Waals surface area contributed by atoms with Crippen molar-refractivity contribution in [2.75, 3.05) is 36.4 Å². The lowest BCUT2D eigenvalue weighted by atomic mass is 10.1. The Kier molecular flexibility index (Phi) is 4.83. The summed E-state index contributed by atoms with van der Waals surface area (Å²) < 4.78 is 13.5. The molecule has 3 rings (SSSR count). The van der Waals surface area contributed by atoms with E-state index in [0.717, 1.165) is 31.9 Å². The second-order valence-electron chi connectivity index (χ2n) is 5.46. The van der Waals surface area contributed by atoms with Crippen LogP contribution in [0.3, 0.4) is 0 Å². The minimum atomic E-state index is -0.371. The van der Waals surface area contributed by atoms with Gasteiger partial charge in [-0.15, -0.1) is 0 Å². The summed E-state index contributed by atoms with van der Waals surface area (Å²) in [6, 6.07) is 9.99. The van der Waals surface area contributed by atoms with Crippen LogP contribution in [-0.4, -0.2) is 37.1 Å². The summed E-state index contributed by atoms with van der Waals surface area (Å²) in [7, 11) is 0. The molecule has 1 saturated heterocycles. The number of aromatic nitrogens is 1. The number of nitrogens with zero attached hydrogens (tertiary/aromatic N) is 2. The molecule has 0 spiro atoms. The second kappa shape index (κ2) is 7.19. The van der Waals surface area contributed by atoms with Gasteiger partial charge < -0.3 is 15.5 Å². The predicted molar refractivity (Wildman–Crippen MR) is 88.1 cm³/mol. The van der Waals surface area contributed by atoms with Gasteiger partial charge in [0.15, 0.2) is 0 Å². The molecule has 1 aromatic carbocycles. The Morgan fingerprint density at radius 3 is 2.70 bits per heavy atom. The van der Waals surface area contributed by atoms with Gasteiger partial charge in [0.1, 0.15) is 11.6 Å². The minimum Gasteiger partial charge on any atom is -0.368 e. The molecule has 1 fully saturated rings. The van der Waals surface area contributed by atoms with Crippen LogP contribution in [0.4, 0.5) is 15.9 Å². The number of benzene rings is 1. The van der Waals surface area contributed by atoms with Crippen LogP contribution in [0.25, 0.3) is 0 Å². The van der Waals surface area contributed by atoms with Crippen molar-refractivity contribution in [2.24, 2.45) is 0 Å². The zero-order valence-corrected chi connectivity index (χ0v) is 12.8. The molecule has 2 heterocycles. The van der Waals surface area contributed by atoms with Crippen LogP contribution in [0.1, 0.15) is 5.56 Å². The third-order valence-electron chi connectivity index (χ3n) is 3.81. The summed E-state index contributed by atoms with van der Waals surface area (Å²) in [5, 5.41) is 6.00. The Hall–Kier alpha value is -2.47. The highest BCUT2D eigenvalue weighted by Gasteiger charge is 2.12. The molecule has 0 radical (unpaired) electrons. The average Bonchev–Trinajstić information content (AvgIpc) is 2.58. The molecular weight excluding hydrogens is 295 g/mol. The van der Waals surface area contributed by atoms with Crippen molar-refractivity contribution in [3.63, 3.8) is 0 Å². The lowest BCUT2D eigenvalue weighted by Crippen LogP contribution is -2.43. The zero-order valence-electron chi connectivity index (χ0n) is 12.8. The Morgan fingerprint density at radius 2 is 2.00 bits per heavy atom. The Labute approximate surface area is 134 Å². The van der Waals surface area contributed by atoms with Gasteiger partial charge in [-0.25, -0.2) is 9.37 Å². The van der Waals surface area contributed by atoms with Crippen LogP contribution >= 0.6 is 0 Å². The number of nitrogens with one attached hydrogen (secondary N) is 2. The summed E-state index contributed by atoms with van der Waals surface area (Å²) in [6.45, 7) is 3.81. The SMILES string of the molecule is O=C(Cc1ccccc1F)Nc1ccc(N2CCNCC2)cn1. The number of anilines is 2. The fourth-order valence-corrected chi connectivity index (χ4v) is 2.57. The number of carbonyl (C=O) groups excluding carboxylic acids is 1. The van der Waals surface area contributed by atoms with E-state index in [9.17, 15) is 9.18 Å². The van der Waals surface area contributed by atoms with Crippen LogP contribution in [-0.2, 0) is 11.2 Å². The Bertz CT molecular complexity index is 669. The van der Waals surface area contributed by atoms with Crippen molar-refractivity contribution in [2.45, 2.75) is 6.42 Å². The van der Waals surface area contributed by atoms with E-state index in [1.165, 1.54) is 6.07 Å². The number of hydrogen-bond acceptors (Lipinski definition) is 4. The van der Waals surface area contributed by atoms with Crippen molar-refractivity contribution >= 4 is 17.4 Å². The highest BCUT2D eigenvalue weighted by molar-refractivity contribution is 5.91. The summed E-state index contributed by atoms with van der Waals surface area (Å²) in [5.41, 5.74) is 1.42. The van der Waals surface area contributed by atoms with Gasteiger partial charge in [0.05, 0.1) is 18.3 Å². The first kappa shape index (κ1) is 15.4. The first-order chi connectivity index (χ1) is 11.2. The lowest BCUT2D eigenvalue weighted by molar-refractivity contribution is -0.115. The molecule has 23 heavy (non-hydrogen) atoms. The number of rotatable bonds is 4. The molecule has 0 atom stereocenters. The number of halogens is 1. The molecule has 120 valence electrons. The molecule has 1 aliphatic rings. The third-order valence-corrected chi connectivity index (χ3v) is 3.81. The fourth-order valence-electron chi connectivity index (χ4n) is 2.57. The molecule has 2 aromatic rings. The third kappa shape index (κ3) is 4.04. The number of pyridine rings is 1. The predicted octanol–water partition coefficient (Wildman–Crippen LogP) is 1.81. The molecule has 1 aromatic heterocycles. The highest BCUT2D eigenvalue weighted by atomic mass is 19.1. The standard InChI is InChI=1S/C17H19FN4O/c18-15-4-2-1-3-13(15)11-17(23)21-16-6-5-14(12-20-16)22-9-7-19-8-10-22/h1-6,12,19H,7-11H2,(H,20,21,23). The smallest absolute Gasteiger partial charge is 0.230 e. The Balaban J connectivity index is 1.59. The molecule has 0 aliphatic carbocycles. The quantitative estimate of drug-likeness (QED) is 0.904. The lowest BCUT2D eigenvalue weighted by Gasteiger charge is -2.29. The maximum Gasteiger partial charge on any atom is 0.230 e. The first-order valence-corrected chi connectivity index (χ1v) is 7.67. The fraction of sp³-hybridized carbons (Fsp3) is 0.294. The molecule has 6 heteroatoms. The molecule has 1 aliphatic heterocycles. The van der Waals surface area contributed by atoms with Crippen molar-refractivity contribution < 1.29 is 9.18 Å². The molecule has 0 unspecified atom stereocenters. The molecule has 2 N–H and O–H groups in total. The summed E-state index contributed by atoms with van der Waals surface area (Å²) >= 11 is 0. The van der Waals surface area contributed by atoms with Crippen LogP contribution in [0.5, 0.6) is 0 Å². The number of carbonyl (C=O) groups is 1. The van der Waals surface area contributed by atoms with Gasteiger partial charge in [0.2, 0.25) is 5.91 Å². The highest BCUT2D eigenvalue weighted by Crippen LogP contribution is 2.16. The second-order valence-corrected chi connectivity index (χ2v) is 5.46. The van der Waals surface area contributed by atoms with Crippen molar-refractivity contribution in [3.8, 4) is 0 Å². The van der Waals surface area contributed by atoms with E-state index in [1.54, 1.807) is 30.5 Å². The Morgan fingerprint density at radius 1 is 1.22 bits per heavy atom. The van der Waals surface area contributed by atoms with Crippen LogP contribution in [0.2, 0.25) is 0 Å². The van der Waals surface area contributed by atoms with E-state index in [2.05, 4.69) is 20.5 Å². The number of amides is 1. The molecule has 0 bridgehead atoms. The van der Waals surface area contributed by atoms with Crippen molar-refractivity contribution in [3.05, 3.63) is 54.0 Å². The minimum absolute atomic E-state index is 0.00605. The van der Waals surface area contributed by atoms with Gasteiger partial charge in [0.25, 0.3) is 0 Å². The van der Waals surface area contributed by atoms with Crippen molar-refractivity contribution in [1.29, 1.82) is 0 Å². The van der Waals surface area contributed by atoms with E-state index in [4.69, 9.17) is 0 Å². The first-order valence-electron chi connectivity index (χ1n) is 7.67. The van der Waals surface area contributed by atoms with Gasteiger partial charge in [-0.2, -0.15) is 0 Å². The monoisotopic (exact) mass is 314 g/mol. The molecular formula is C17H19FN4O. The van der Waals surface area contributed by atoms with Crippen LogP contribution in [0.15, 0.2) is 42.6 Å². The largest absolute Gasteiger partial charge is 0.368 e. The molecule has 5 nitrogen and oxygen atoms in total. The van der Waals surface area contributed by atoms with E-state index in [-0.39, 0.29) is 18.1 Å². The van der Waals surface area contributed by atoms with E-state index in [0.29, 0.717) is 11.4 Å². The zero-order chi connectivity index (χ0) is 16.1. The van der Waals surface area contributed by atoms with Gasteiger partial charge in [-0.05, 0) is 23.8 Å². The van der Waals surface area contributed by atoms with E-state index >= 15 is 0 Å². The topological polar surface area (TPSA) is 57.3 Å². The summed E-state index contributed by atoms with van der Waals surface area (Å²) in [5.74, 6) is -0.174. The van der Waals surface area contributed by atoms with Crippen LogP contribution < -0.4 is 15.5 Å². The average molecular weight is 314 g/mol. The normalized spacial score (nSPS) is 14.6. The molecule has 0 saturated carbocycles. The molecule has 1 amide bonds. The van der Waals surface area contributed by atoms with Crippen molar-refractivity contribution in [1.82, 2.24) is 10.3 Å². The maximum absolute atomic E-state index is 13.5. The van der Waals surface area contributed by atoms with Gasteiger partial charge >= 0.3 is 0 Å². The number of hydrogen-bond donors (Lipinski definition) is 2. The maximum atomic E-state index is 13.5. The summed E-state index contributed by atoms with van der Waals surface area (Å²) in [6.07, 6.45) is 1.75. The van der Waals surface area contributed by atoms with Crippen LogP contribution in [0, 0.1) is 5.82 Å². The van der Waals surface area contributed by atoms with E-state index < -0.39 is 0 Å².